The van der Waals surface area contributed by atoms with Crippen LogP contribution in [0.1, 0.15) is 98.8 Å². The molecule has 0 radical (unpaired) electrons. The molecule has 42 heavy (non-hydrogen) atoms. The lowest BCUT2D eigenvalue weighted by atomic mass is 9.95. The van der Waals surface area contributed by atoms with Crippen LogP contribution in [0, 0.1) is 23.7 Å². The Morgan fingerprint density at radius 3 is 1.62 bits per heavy atom. The molecule has 0 saturated heterocycles. The molecule has 6 N–H and O–H groups in total. The summed E-state index contributed by atoms with van der Waals surface area (Å²) in [6, 6.07) is 5.28. The Morgan fingerprint density at radius 2 is 1.17 bits per heavy atom. The summed E-state index contributed by atoms with van der Waals surface area (Å²) in [5.74, 6) is -5.41. The number of carbonyl (C=O) groups excluding carboxylic acids is 2. The minimum absolute atomic E-state index is 0.147. The second-order valence-corrected chi connectivity index (χ2v) is 12.5. The van der Waals surface area contributed by atoms with Crippen molar-refractivity contribution < 1.29 is 43.7 Å². The lowest BCUT2D eigenvalue weighted by Crippen LogP contribution is -2.35. The first kappa shape index (κ1) is 39.2. The van der Waals surface area contributed by atoms with Gasteiger partial charge in [0.05, 0.1) is 17.1 Å². The van der Waals surface area contributed by atoms with E-state index in [1.807, 2.05) is 0 Å². The van der Waals surface area contributed by atoms with Crippen LogP contribution in [-0.4, -0.2) is 50.3 Å². The third-order valence-electron chi connectivity index (χ3n) is 7.39. The largest absolute Gasteiger partial charge is 0.481 e. The zero-order valence-corrected chi connectivity index (χ0v) is 26.6. The first-order valence-corrected chi connectivity index (χ1v) is 16.4. The highest BCUT2D eigenvalue weighted by Crippen LogP contribution is 2.33. The van der Waals surface area contributed by atoms with Gasteiger partial charge in [0.25, 0.3) is 0 Å². The number of aliphatic carboxylic acids is 2. The molecule has 0 aliphatic heterocycles. The molecule has 0 heterocycles. The fourth-order valence-electron chi connectivity index (χ4n) is 3.89. The van der Waals surface area contributed by atoms with Gasteiger partial charge in [0.1, 0.15) is 0 Å². The highest BCUT2D eigenvalue weighted by atomic mass is 31.2. The molecule has 0 spiro atoms. The Bertz CT molecular complexity index is 1030. The van der Waals surface area contributed by atoms with Crippen molar-refractivity contribution in [1.82, 2.24) is 5.32 Å². The predicted molar refractivity (Wildman–Crippen MR) is 164 cm³/mol. The van der Waals surface area contributed by atoms with Gasteiger partial charge in [-0.3, -0.25) is 23.7 Å². The fourth-order valence-corrected chi connectivity index (χ4v) is 4.48. The Morgan fingerprint density at radius 1 is 0.714 bits per heavy atom. The zero-order chi connectivity index (χ0) is 32.3. The van der Waals surface area contributed by atoms with E-state index >= 15 is 0 Å². The van der Waals surface area contributed by atoms with E-state index in [2.05, 4.69) is 17.6 Å². The Kier molecular flexibility index (Phi) is 19.6. The summed E-state index contributed by atoms with van der Waals surface area (Å²) < 4.78 is 11.1. The number of rotatable bonds is 19. The topological polar surface area (TPSA) is 190 Å². The van der Waals surface area contributed by atoms with Crippen LogP contribution in [0.15, 0.2) is 24.3 Å². The number of hydrogen-bond acceptors (Lipinski definition) is 5. The van der Waals surface area contributed by atoms with Gasteiger partial charge >= 0.3 is 19.5 Å². The van der Waals surface area contributed by atoms with Crippen molar-refractivity contribution in [1.29, 1.82) is 0 Å². The molecule has 0 aliphatic rings. The molecule has 1 rings (SSSR count). The molecular weight excluding hydrogens is 563 g/mol. The minimum atomic E-state index is -4.39. The molecule has 0 unspecified atom stereocenters. The first-order valence-electron chi connectivity index (χ1n) is 14.8. The van der Waals surface area contributed by atoms with Crippen LogP contribution < -0.4 is 15.9 Å². The minimum Gasteiger partial charge on any atom is -0.481 e. The number of hydrogen-bond donors (Lipinski definition) is 6. The van der Waals surface area contributed by atoms with Crippen molar-refractivity contribution in [3.8, 4) is 0 Å². The number of nitrogens with one attached hydrogen (secondary N) is 2. The SMILES string of the molecule is CCCCCCCCCCCCNC(=O)[C@H](C)[C@@H](C)C(=O)O.C[C@@H](C(=O)O)[C@@H](C)C(=O)Nc1cccc(P(=O)(O)O)c1. The summed E-state index contributed by atoms with van der Waals surface area (Å²) in [6.07, 6.45) is 12.7. The van der Waals surface area contributed by atoms with Crippen LogP contribution >= 0.6 is 7.60 Å². The van der Waals surface area contributed by atoms with Crippen molar-refractivity contribution in [2.24, 2.45) is 23.7 Å². The maximum atomic E-state index is 11.9. The average Bonchev–Trinajstić information content (AvgIpc) is 2.93. The van der Waals surface area contributed by atoms with E-state index in [9.17, 15) is 23.7 Å². The maximum Gasteiger partial charge on any atom is 0.356 e. The van der Waals surface area contributed by atoms with Gasteiger partial charge in [-0.25, -0.2) is 0 Å². The van der Waals surface area contributed by atoms with E-state index in [1.165, 1.54) is 83.4 Å². The standard InChI is InChI=1S/C18H35NO3.C12H16NO6P/c1-4-5-6-7-8-9-10-11-12-13-14-19-17(20)15(2)16(3)18(21)22;1-7(8(2)12(15)16)11(14)13-9-4-3-5-10(6-9)20(17,18)19/h15-16H,4-14H2,1-3H3,(H,19,20)(H,21,22);3-8H,1-2H3,(H,13,14)(H,15,16)(H2,17,18,19)/t15-,16-;7-,8-/m11/s1. The maximum absolute atomic E-state index is 11.9. The summed E-state index contributed by atoms with van der Waals surface area (Å²) in [5, 5.41) is 22.8. The molecule has 2 amide bonds. The van der Waals surface area contributed by atoms with Gasteiger partial charge in [-0.2, -0.15) is 0 Å². The highest BCUT2D eigenvalue weighted by molar-refractivity contribution is 7.60. The molecule has 240 valence electrons. The molecule has 0 saturated carbocycles. The molecular formula is C30H51N2O9P. The van der Waals surface area contributed by atoms with Crippen LogP contribution in [0.2, 0.25) is 0 Å². The second-order valence-electron chi connectivity index (χ2n) is 10.9. The fraction of sp³-hybridized carbons (Fsp3) is 0.667. The number of carboxylic acid groups (broad SMARTS) is 2. The van der Waals surface area contributed by atoms with Crippen LogP contribution in [-0.2, 0) is 23.7 Å². The number of anilines is 1. The third-order valence-corrected chi connectivity index (χ3v) is 8.34. The number of carboxylic acids is 2. The molecule has 1 aromatic carbocycles. The van der Waals surface area contributed by atoms with Gasteiger partial charge in [0.2, 0.25) is 11.8 Å². The van der Waals surface area contributed by atoms with Gasteiger partial charge in [-0.05, 0) is 24.6 Å². The quantitative estimate of drug-likeness (QED) is 0.0902. The third kappa shape index (κ3) is 16.6. The van der Waals surface area contributed by atoms with E-state index < -0.39 is 49.1 Å². The Labute approximate surface area is 250 Å². The van der Waals surface area contributed by atoms with Crippen molar-refractivity contribution >= 4 is 42.3 Å². The van der Waals surface area contributed by atoms with Gasteiger partial charge in [-0.15, -0.1) is 0 Å². The van der Waals surface area contributed by atoms with Crippen molar-refractivity contribution in [3.05, 3.63) is 24.3 Å². The lowest BCUT2D eigenvalue weighted by molar-refractivity contribution is -0.146. The van der Waals surface area contributed by atoms with Gasteiger partial charge in [0.15, 0.2) is 0 Å². The Balaban J connectivity index is 0.000000803. The van der Waals surface area contributed by atoms with Crippen LogP contribution in [0.25, 0.3) is 0 Å². The summed E-state index contributed by atoms with van der Waals surface area (Å²) in [5.41, 5.74) is 0.209. The molecule has 12 heteroatoms. The number of benzene rings is 1. The summed E-state index contributed by atoms with van der Waals surface area (Å²) in [7, 11) is -4.39. The highest BCUT2D eigenvalue weighted by Gasteiger charge is 2.27. The van der Waals surface area contributed by atoms with Crippen molar-refractivity contribution in [3.63, 3.8) is 0 Å². The number of carbonyl (C=O) groups is 4. The molecule has 11 nitrogen and oxygen atoms in total. The van der Waals surface area contributed by atoms with E-state index in [1.54, 1.807) is 13.8 Å². The zero-order valence-electron chi connectivity index (χ0n) is 25.7. The summed E-state index contributed by atoms with van der Waals surface area (Å²) in [6.45, 7) is 9.03. The Hall–Kier alpha value is -2.75. The number of amides is 2. The van der Waals surface area contributed by atoms with Gasteiger partial charge in [-0.1, -0.05) is 98.5 Å². The molecule has 0 bridgehead atoms. The molecule has 1 aromatic rings. The molecule has 4 atom stereocenters. The van der Waals surface area contributed by atoms with Crippen LogP contribution in [0.4, 0.5) is 5.69 Å². The van der Waals surface area contributed by atoms with Crippen LogP contribution in [0.3, 0.4) is 0 Å². The smallest absolute Gasteiger partial charge is 0.356 e. The first-order chi connectivity index (χ1) is 19.6. The van der Waals surface area contributed by atoms with E-state index in [-0.39, 0.29) is 16.9 Å². The predicted octanol–water partition coefficient (Wildman–Crippen LogP) is 5.17. The number of unbranched alkanes of at least 4 members (excludes halogenated alkanes) is 9. The summed E-state index contributed by atoms with van der Waals surface area (Å²) in [4.78, 5) is 63.3. The lowest BCUT2D eigenvalue weighted by Gasteiger charge is -2.16. The van der Waals surface area contributed by atoms with Gasteiger partial charge in [0, 0.05) is 24.1 Å². The van der Waals surface area contributed by atoms with E-state index in [4.69, 9.17) is 20.0 Å². The molecule has 0 fully saturated rings. The second kappa shape index (κ2) is 21.0. The van der Waals surface area contributed by atoms with Crippen molar-refractivity contribution in [2.75, 3.05) is 11.9 Å². The molecule has 0 aliphatic carbocycles. The van der Waals surface area contributed by atoms with Gasteiger partial charge < -0.3 is 30.6 Å². The molecule has 0 aromatic heterocycles. The van der Waals surface area contributed by atoms with E-state index in [0.717, 1.165) is 18.9 Å². The van der Waals surface area contributed by atoms with E-state index in [0.29, 0.717) is 6.54 Å². The van der Waals surface area contributed by atoms with Crippen LogP contribution in [0.5, 0.6) is 0 Å². The van der Waals surface area contributed by atoms with Crippen molar-refractivity contribution in [2.45, 2.75) is 98.8 Å². The average molecular weight is 615 g/mol. The monoisotopic (exact) mass is 614 g/mol. The summed E-state index contributed by atoms with van der Waals surface area (Å²) >= 11 is 0. The normalized spacial score (nSPS) is 14.0.